The normalized spacial score (nSPS) is 23.0. The smallest absolute Gasteiger partial charge is 0.404 e. The van der Waals surface area contributed by atoms with Crippen molar-refractivity contribution in [3.05, 3.63) is 48.0 Å². The number of aromatic nitrogens is 2. The van der Waals surface area contributed by atoms with Gasteiger partial charge in [-0.2, -0.15) is 0 Å². The first-order valence-corrected chi connectivity index (χ1v) is 10.9. The second-order valence-electron chi connectivity index (χ2n) is 8.56. The van der Waals surface area contributed by atoms with Crippen molar-refractivity contribution >= 4 is 22.8 Å². The van der Waals surface area contributed by atoms with Crippen LogP contribution in [0.2, 0.25) is 0 Å². The molecule has 0 aliphatic carbocycles. The first-order chi connectivity index (χ1) is 15.5. The van der Waals surface area contributed by atoms with Gasteiger partial charge in [0.15, 0.2) is 5.82 Å². The van der Waals surface area contributed by atoms with Gasteiger partial charge in [0.25, 0.3) is 0 Å². The molecule has 8 nitrogen and oxygen atoms in total. The topological polar surface area (TPSA) is 108 Å². The summed E-state index contributed by atoms with van der Waals surface area (Å²) in [5.41, 5.74) is 2.44. The summed E-state index contributed by atoms with van der Waals surface area (Å²) in [4.78, 5) is 23.4. The van der Waals surface area contributed by atoms with Gasteiger partial charge in [-0.25, -0.2) is 14.8 Å². The molecule has 2 aromatic carbocycles. The van der Waals surface area contributed by atoms with Crippen molar-refractivity contribution in [2.75, 3.05) is 24.7 Å². The van der Waals surface area contributed by atoms with Crippen LogP contribution < -0.4 is 10.2 Å². The molecule has 3 N–H and O–H groups in total. The molecule has 0 radical (unpaired) electrons. The number of anilines is 1. The van der Waals surface area contributed by atoms with Crippen LogP contribution in [0.1, 0.15) is 18.4 Å². The third-order valence-electron chi connectivity index (χ3n) is 6.46. The Kier molecular flexibility index (Phi) is 5.30. The molecule has 3 atom stereocenters. The molecule has 0 bridgehead atoms. The van der Waals surface area contributed by atoms with Crippen molar-refractivity contribution in [3.8, 4) is 17.1 Å². The Morgan fingerprint density at radius 3 is 2.78 bits per heavy atom. The molecule has 2 aliphatic rings. The van der Waals surface area contributed by atoms with Gasteiger partial charge in [0.05, 0.1) is 29.8 Å². The Morgan fingerprint density at radius 2 is 2.03 bits per heavy atom. The maximum atomic E-state index is 11.5. The number of nitrogens with zero attached hydrogens (tertiary/aromatic N) is 3. The van der Waals surface area contributed by atoms with Crippen LogP contribution in [0, 0.1) is 12.8 Å². The highest BCUT2D eigenvalue weighted by atomic mass is 16.5. The van der Waals surface area contributed by atoms with Crippen molar-refractivity contribution in [1.82, 2.24) is 15.3 Å². The number of ether oxygens (including phenoxy) is 1. The number of benzene rings is 2. The number of fused-ring (bicyclic) bond motifs is 1. The zero-order chi connectivity index (χ0) is 22.2. The van der Waals surface area contributed by atoms with E-state index in [9.17, 15) is 15.0 Å². The van der Waals surface area contributed by atoms with Crippen molar-refractivity contribution < 1.29 is 19.7 Å². The molecular weight excluding hydrogens is 408 g/mol. The second-order valence-corrected chi connectivity index (χ2v) is 8.56. The van der Waals surface area contributed by atoms with Gasteiger partial charge in [0, 0.05) is 24.5 Å². The van der Waals surface area contributed by atoms with Crippen LogP contribution in [0.4, 0.5) is 10.6 Å². The monoisotopic (exact) mass is 434 g/mol. The zero-order valence-electron chi connectivity index (χ0n) is 17.9. The summed E-state index contributed by atoms with van der Waals surface area (Å²) in [5, 5.41) is 23.5. The van der Waals surface area contributed by atoms with Gasteiger partial charge in [-0.1, -0.05) is 18.2 Å². The van der Waals surface area contributed by atoms with Crippen LogP contribution in [0.25, 0.3) is 22.3 Å². The number of nitrogens with one attached hydrogen (secondary N) is 1. The van der Waals surface area contributed by atoms with Gasteiger partial charge in [0.1, 0.15) is 11.6 Å². The number of carbonyl (C=O) groups is 1. The highest BCUT2D eigenvalue weighted by molar-refractivity contribution is 5.92. The molecule has 1 amide bonds. The highest BCUT2D eigenvalue weighted by Crippen LogP contribution is 2.38. The first-order valence-electron chi connectivity index (χ1n) is 10.9. The molecule has 2 saturated heterocycles. The predicted octanol–water partition coefficient (Wildman–Crippen LogP) is 3.56. The van der Waals surface area contributed by atoms with E-state index in [0.29, 0.717) is 37.6 Å². The van der Waals surface area contributed by atoms with E-state index >= 15 is 0 Å². The molecule has 3 unspecified atom stereocenters. The number of amides is 1. The minimum atomic E-state index is -1.01. The SMILES string of the molecule is Cc1ccc2c(N3CCC(NC(=O)O)C3C3CCOC3)nc(-c3ccccc3O)nc2c1. The van der Waals surface area contributed by atoms with E-state index in [4.69, 9.17) is 14.7 Å². The molecule has 32 heavy (non-hydrogen) atoms. The summed E-state index contributed by atoms with van der Waals surface area (Å²) in [6.45, 7) is 3.98. The number of aromatic hydroxyl groups is 1. The van der Waals surface area contributed by atoms with E-state index in [1.54, 1.807) is 18.2 Å². The number of phenols is 1. The van der Waals surface area contributed by atoms with Crippen molar-refractivity contribution in [2.24, 2.45) is 5.92 Å². The van der Waals surface area contributed by atoms with Crippen LogP contribution in [0.3, 0.4) is 0 Å². The summed E-state index contributed by atoms with van der Waals surface area (Å²) in [7, 11) is 0. The number of hydrogen-bond donors (Lipinski definition) is 3. The number of aryl methyl sites for hydroxylation is 1. The summed E-state index contributed by atoms with van der Waals surface area (Å²) >= 11 is 0. The minimum Gasteiger partial charge on any atom is -0.507 e. The molecule has 3 aromatic rings. The largest absolute Gasteiger partial charge is 0.507 e. The first kappa shape index (κ1) is 20.5. The summed E-state index contributed by atoms with van der Waals surface area (Å²) < 4.78 is 5.65. The van der Waals surface area contributed by atoms with E-state index in [0.717, 1.165) is 28.7 Å². The molecule has 3 heterocycles. The minimum absolute atomic E-state index is 0.0646. The Labute approximate surface area is 185 Å². The Balaban J connectivity index is 1.66. The summed E-state index contributed by atoms with van der Waals surface area (Å²) in [5.74, 6) is 1.54. The van der Waals surface area contributed by atoms with Crippen LogP contribution in [0.5, 0.6) is 5.75 Å². The summed E-state index contributed by atoms with van der Waals surface area (Å²) in [6.07, 6.45) is 0.559. The van der Waals surface area contributed by atoms with Crippen molar-refractivity contribution in [1.29, 1.82) is 0 Å². The number of phenolic OH excluding ortho intramolecular Hbond substituents is 1. The highest BCUT2D eigenvalue weighted by Gasteiger charge is 2.43. The van der Waals surface area contributed by atoms with Crippen LogP contribution >= 0.6 is 0 Å². The molecule has 0 spiro atoms. The zero-order valence-corrected chi connectivity index (χ0v) is 17.9. The predicted molar refractivity (Wildman–Crippen MR) is 121 cm³/mol. The van der Waals surface area contributed by atoms with Crippen LogP contribution in [-0.4, -0.2) is 58.1 Å². The van der Waals surface area contributed by atoms with Crippen LogP contribution in [0.15, 0.2) is 42.5 Å². The third kappa shape index (κ3) is 3.71. The van der Waals surface area contributed by atoms with Crippen molar-refractivity contribution in [3.63, 3.8) is 0 Å². The number of carboxylic acid groups (broad SMARTS) is 1. The maximum absolute atomic E-state index is 11.5. The number of rotatable bonds is 4. The van der Waals surface area contributed by atoms with Gasteiger partial charge < -0.3 is 25.2 Å². The lowest BCUT2D eigenvalue weighted by molar-refractivity contribution is 0.171. The van der Waals surface area contributed by atoms with Gasteiger partial charge in [-0.3, -0.25) is 0 Å². The maximum Gasteiger partial charge on any atom is 0.404 e. The molecule has 2 fully saturated rings. The van der Waals surface area contributed by atoms with Crippen molar-refractivity contribution in [2.45, 2.75) is 31.8 Å². The van der Waals surface area contributed by atoms with Crippen LogP contribution in [-0.2, 0) is 4.74 Å². The molecule has 166 valence electrons. The standard InChI is InChI=1S/C24H26N4O4/c1-14-6-7-16-19(12-14)25-22(17-4-2-3-5-20(17)29)27-23(16)28-10-8-18(26-24(30)31)21(28)15-9-11-32-13-15/h2-7,12,15,18,21,26,29H,8-11,13H2,1H3,(H,30,31). The van der Waals surface area contributed by atoms with E-state index in [-0.39, 0.29) is 23.8 Å². The Bertz CT molecular complexity index is 1160. The molecule has 2 aliphatic heterocycles. The molecule has 8 heteroatoms. The van der Waals surface area contributed by atoms with Gasteiger partial charge >= 0.3 is 6.09 Å². The van der Waals surface area contributed by atoms with E-state index in [2.05, 4.69) is 10.2 Å². The number of hydrogen-bond acceptors (Lipinski definition) is 6. The van der Waals surface area contributed by atoms with E-state index in [1.807, 2.05) is 31.2 Å². The van der Waals surface area contributed by atoms with Gasteiger partial charge in [0.2, 0.25) is 0 Å². The van der Waals surface area contributed by atoms with E-state index in [1.165, 1.54) is 0 Å². The second kappa shape index (κ2) is 8.27. The Morgan fingerprint density at radius 1 is 1.19 bits per heavy atom. The average Bonchev–Trinajstić information content (AvgIpc) is 3.42. The average molecular weight is 434 g/mol. The molecule has 0 saturated carbocycles. The fourth-order valence-corrected chi connectivity index (χ4v) is 5.01. The fourth-order valence-electron chi connectivity index (χ4n) is 5.01. The molecule has 1 aromatic heterocycles. The lowest BCUT2D eigenvalue weighted by Gasteiger charge is -2.33. The van der Waals surface area contributed by atoms with E-state index < -0.39 is 6.09 Å². The molecular formula is C24H26N4O4. The lowest BCUT2D eigenvalue weighted by Crippen LogP contribution is -2.49. The summed E-state index contributed by atoms with van der Waals surface area (Å²) in [6, 6.07) is 12.8. The lowest BCUT2D eigenvalue weighted by atomic mass is 9.93. The third-order valence-corrected chi connectivity index (χ3v) is 6.46. The fraction of sp³-hybridized carbons (Fsp3) is 0.375. The van der Waals surface area contributed by atoms with Gasteiger partial charge in [-0.05, 0) is 49.6 Å². The number of para-hydroxylation sites is 1. The quantitative estimate of drug-likeness (QED) is 0.576. The molecule has 5 rings (SSSR count). The Hall–Kier alpha value is -3.39. The van der Waals surface area contributed by atoms with Gasteiger partial charge in [-0.15, -0.1) is 0 Å².